The number of nitrogens with zero attached hydrogens (tertiary/aromatic N) is 3. The van der Waals surface area contributed by atoms with Gasteiger partial charge in [0.25, 0.3) is 0 Å². The van der Waals surface area contributed by atoms with Gasteiger partial charge in [0.15, 0.2) is 5.16 Å². The van der Waals surface area contributed by atoms with Gasteiger partial charge in [0, 0.05) is 17.9 Å². The number of nitrogens with one attached hydrogen (secondary N) is 2. The number of hydrogen-bond acceptors (Lipinski definition) is 5. The van der Waals surface area contributed by atoms with E-state index in [1.54, 1.807) is 0 Å². The summed E-state index contributed by atoms with van der Waals surface area (Å²) in [5, 5.41) is 14.7. The van der Waals surface area contributed by atoms with Crippen LogP contribution in [0.15, 0.2) is 53.7 Å². The van der Waals surface area contributed by atoms with E-state index in [2.05, 4.69) is 20.8 Å². The lowest BCUT2D eigenvalue weighted by Crippen LogP contribution is -2.18. The van der Waals surface area contributed by atoms with E-state index in [0.717, 1.165) is 22.5 Å². The molecule has 156 valence electrons. The average Bonchev–Trinajstić information content (AvgIpc) is 3.12. The second kappa shape index (κ2) is 10.1. The Bertz CT molecular complexity index is 1030. The van der Waals surface area contributed by atoms with Gasteiger partial charge in [-0.1, -0.05) is 42.1 Å². The van der Waals surface area contributed by atoms with E-state index in [4.69, 9.17) is 0 Å². The fraction of sp³-hybridized carbons (Fsp3) is 0.273. The van der Waals surface area contributed by atoms with E-state index in [0.29, 0.717) is 17.5 Å². The van der Waals surface area contributed by atoms with Crippen LogP contribution in [0.25, 0.3) is 0 Å². The van der Waals surface area contributed by atoms with Crippen molar-refractivity contribution in [2.75, 3.05) is 16.4 Å². The fourth-order valence-electron chi connectivity index (χ4n) is 2.95. The summed E-state index contributed by atoms with van der Waals surface area (Å²) >= 11 is 1.31. The van der Waals surface area contributed by atoms with Crippen molar-refractivity contribution in [3.8, 4) is 0 Å². The van der Waals surface area contributed by atoms with Crippen LogP contribution in [0.4, 0.5) is 11.4 Å². The van der Waals surface area contributed by atoms with Gasteiger partial charge in [0.05, 0.1) is 12.2 Å². The maximum Gasteiger partial charge on any atom is 0.234 e. The average molecular weight is 424 g/mol. The molecule has 7 nitrogen and oxygen atoms in total. The van der Waals surface area contributed by atoms with Gasteiger partial charge in [-0.3, -0.25) is 9.59 Å². The van der Waals surface area contributed by atoms with Crippen LogP contribution < -0.4 is 10.6 Å². The minimum atomic E-state index is -0.160. The van der Waals surface area contributed by atoms with Crippen LogP contribution in [0.3, 0.4) is 0 Å². The summed E-state index contributed by atoms with van der Waals surface area (Å²) in [7, 11) is 0. The first kappa shape index (κ1) is 21.6. The number of thioether (sulfide) groups is 1. The Labute approximate surface area is 180 Å². The van der Waals surface area contributed by atoms with Gasteiger partial charge < -0.3 is 15.2 Å². The molecule has 0 saturated carbocycles. The number of amides is 2. The van der Waals surface area contributed by atoms with E-state index < -0.39 is 0 Å². The molecule has 2 amide bonds. The zero-order chi connectivity index (χ0) is 21.5. The summed E-state index contributed by atoms with van der Waals surface area (Å²) in [5.74, 6) is 0.514. The minimum absolute atomic E-state index is 0.109. The zero-order valence-electron chi connectivity index (χ0n) is 17.3. The first-order valence-corrected chi connectivity index (χ1v) is 10.7. The Morgan fingerprint density at radius 3 is 2.47 bits per heavy atom. The molecule has 0 aliphatic carbocycles. The second-order valence-corrected chi connectivity index (χ2v) is 7.76. The van der Waals surface area contributed by atoms with Crippen LogP contribution in [0, 0.1) is 13.8 Å². The quantitative estimate of drug-likeness (QED) is 0.538. The van der Waals surface area contributed by atoms with Crippen molar-refractivity contribution in [1.29, 1.82) is 0 Å². The zero-order valence-corrected chi connectivity index (χ0v) is 18.1. The predicted octanol–water partition coefficient (Wildman–Crippen LogP) is 3.83. The molecule has 0 saturated heterocycles. The lowest BCUT2D eigenvalue weighted by molar-refractivity contribution is -0.116. The van der Waals surface area contributed by atoms with E-state index in [1.807, 2.05) is 73.9 Å². The van der Waals surface area contributed by atoms with Crippen LogP contribution in [-0.4, -0.2) is 32.3 Å². The number of benzene rings is 2. The highest BCUT2D eigenvalue weighted by molar-refractivity contribution is 7.99. The standard InChI is InChI=1S/C22H25N5O2S/c1-4-27-19(13-20(28)23-17-10-6-5-7-11-17)25-26-22(27)30-14-21(29)24-18-12-8-9-15(2)16(18)3/h5-12H,4,13-14H2,1-3H3,(H,23,28)(H,24,29). The lowest BCUT2D eigenvalue weighted by Gasteiger charge is -2.10. The highest BCUT2D eigenvalue weighted by atomic mass is 32.2. The minimum Gasteiger partial charge on any atom is -0.326 e. The Morgan fingerprint density at radius 1 is 0.967 bits per heavy atom. The summed E-state index contributed by atoms with van der Waals surface area (Å²) in [6.07, 6.45) is 0.116. The first-order chi connectivity index (χ1) is 14.5. The van der Waals surface area contributed by atoms with E-state index in [9.17, 15) is 9.59 Å². The Morgan fingerprint density at radius 2 is 1.73 bits per heavy atom. The number of rotatable bonds is 8. The van der Waals surface area contributed by atoms with Crippen molar-refractivity contribution < 1.29 is 9.59 Å². The molecule has 1 heterocycles. The molecule has 3 aromatic rings. The predicted molar refractivity (Wildman–Crippen MR) is 120 cm³/mol. The fourth-order valence-corrected chi connectivity index (χ4v) is 3.77. The molecular weight excluding hydrogens is 398 g/mol. The Hall–Kier alpha value is -3.13. The van der Waals surface area contributed by atoms with Crippen molar-refractivity contribution in [2.24, 2.45) is 0 Å². The number of anilines is 2. The number of aromatic nitrogens is 3. The van der Waals surface area contributed by atoms with E-state index in [1.165, 1.54) is 11.8 Å². The van der Waals surface area contributed by atoms with Crippen molar-refractivity contribution in [3.63, 3.8) is 0 Å². The monoisotopic (exact) mass is 423 g/mol. The molecule has 2 aromatic carbocycles. The van der Waals surface area contributed by atoms with Gasteiger partial charge in [0.1, 0.15) is 5.82 Å². The van der Waals surface area contributed by atoms with Crippen molar-refractivity contribution >= 4 is 35.0 Å². The molecule has 0 aliphatic heterocycles. The third kappa shape index (κ3) is 5.48. The Balaban J connectivity index is 1.59. The number of para-hydroxylation sites is 1. The summed E-state index contributed by atoms with van der Waals surface area (Å²) in [4.78, 5) is 24.7. The van der Waals surface area contributed by atoms with Gasteiger partial charge in [0.2, 0.25) is 11.8 Å². The molecule has 0 spiro atoms. The van der Waals surface area contributed by atoms with Crippen molar-refractivity contribution in [2.45, 2.75) is 38.9 Å². The van der Waals surface area contributed by atoms with E-state index >= 15 is 0 Å². The van der Waals surface area contributed by atoms with E-state index in [-0.39, 0.29) is 24.0 Å². The highest BCUT2D eigenvalue weighted by Crippen LogP contribution is 2.21. The maximum atomic E-state index is 12.4. The molecule has 1 aromatic heterocycles. The SMILES string of the molecule is CCn1c(CC(=O)Nc2ccccc2)nnc1SCC(=O)Nc1cccc(C)c1C. The molecule has 3 rings (SSSR count). The van der Waals surface area contributed by atoms with Crippen LogP contribution in [0.5, 0.6) is 0 Å². The van der Waals surface area contributed by atoms with Gasteiger partial charge in [-0.25, -0.2) is 0 Å². The van der Waals surface area contributed by atoms with Crippen LogP contribution in [0.2, 0.25) is 0 Å². The third-order valence-corrected chi connectivity index (χ3v) is 5.66. The molecule has 0 atom stereocenters. The molecule has 0 bridgehead atoms. The summed E-state index contributed by atoms with van der Waals surface area (Å²) in [6.45, 7) is 6.57. The van der Waals surface area contributed by atoms with Gasteiger partial charge in [-0.2, -0.15) is 0 Å². The Kier molecular flexibility index (Phi) is 7.24. The van der Waals surface area contributed by atoms with Crippen LogP contribution in [0.1, 0.15) is 23.9 Å². The molecule has 2 N–H and O–H groups in total. The maximum absolute atomic E-state index is 12.4. The third-order valence-electron chi connectivity index (χ3n) is 4.70. The molecule has 0 radical (unpaired) electrons. The number of carbonyl (C=O) groups excluding carboxylic acids is 2. The second-order valence-electron chi connectivity index (χ2n) is 6.82. The highest BCUT2D eigenvalue weighted by Gasteiger charge is 2.16. The first-order valence-electron chi connectivity index (χ1n) is 9.73. The van der Waals surface area contributed by atoms with Crippen molar-refractivity contribution in [1.82, 2.24) is 14.8 Å². The number of hydrogen-bond donors (Lipinski definition) is 2. The molecule has 0 unspecified atom stereocenters. The number of aryl methyl sites for hydroxylation is 1. The van der Waals surface area contributed by atoms with Crippen molar-refractivity contribution in [3.05, 3.63) is 65.5 Å². The largest absolute Gasteiger partial charge is 0.326 e. The number of carbonyl (C=O) groups is 2. The topological polar surface area (TPSA) is 88.9 Å². The normalized spacial score (nSPS) is 10.6. The van der Waals surface area contributed by atoms with Gasteiger partial charge in [-0.15, -0.1) is 10.2 Å². The molecule has 0 fully saturated rings. The molecular formula is C22H25N5O2S. The van der Waals surface area contributed by atoms with Crippen LogP contribution >= 0.6 is 11.8 Å². The summed E-state index contributed by atoms with van der Waals surface area (Å²) in [5.41, 5.74) is 3.74. The summed E-state index contributed by atoms with van der Waals surface area (Å²) < 4.78 is 1.86. The molecule has 8 heteroatoms. The summed E-state index contributed by atoms with van der Waals surface area (Å²) in [6, 6.07) is 15.1. The molecule has 30 heavy (non-hydrogen) atoms. The van der Waals surface area contributed by atoms with Gasteiger partial charge >= 0.3 is 0 Å². The smallest absolute Gasteiger partial charge is 0.234 e. The van der Waals surface area contributed by atoms with Crippen LogP contribution in [-0.2, 0) is 22.6 Å². The molecule has 0 aliphatic rings. The van der Waals surface area contributed by atoms with Gasteiger partial charge in [-0.05, 0) is 50.1 Å². The lowest BCUT2D eigenvalue weighted by atomic mass is 10.1.